The van der Waals surface area contributed by atoms with Crippen LogP contribution < -0.4 is 10.6 Å². The summed E-state index contributed by atoms with van der Waals surface area (Å²) in [5, 5.41) is 11.4. The van der Waals surface area contributed by atoms with E-state index >= 15 is 0 Å². The zero-order chi connectivity index (χ0) is 15.2. The van der Waals surface area contributed by atoms with E-state index in [1.807, 2.05) is 18.7 Å². The van der Waals surface area contributed by atoms with Crippen LogP contribution in [0.4, 0.5) is 0 Å². The molecule has 0 spiro atoms. The number of aryl methyl sites for hydroxylation is 2. The lowest BCUT2D eigenvalue weighted by molar-refractivity contribution is 0.390. The van der Waals surface area contributed by atoms with Gasteiger partial charge in [0.05, 0.1) is 6.54 Å². The van der Waals surface area contributed by atoms with Gasteiger partial charge in [0.15, 0.2) is 5.96 Å². The summed E-state index contributed by atoms with van der Waals surface area (Å²) in [4.78, 5) is 8.78. The van der Waals surface area contributed by atoms with Gasteiger partial charge in [0.1, 0.15) is 11.6 Å². The first-order valence-corrected chi connectivity index (χ1v) is 8.03. The molecule has 1 unspecified atom stereocenters. The van der Waals surface area contributed by atoms with Gasteiger partial charge in [-0.3, -0.25) is 4.99 Å². The fraction of sp³-hybridized carbons (Fsp3) is 0.800. The van der Waals surface area contributed by atoms with Crippen molar-refractivity contribution in [1.29, 1.82) is 0 Å². The second-order valence-corrected chi connectivity index (χ2v) is 5.77. The molecule has 1 aliphatic rings. The summed E-state index contributed by atoms with van der Waals surface area (Å²) < 4.78 is 2.02. The van der Waals surface area contributed by atoms with Gasteiger partial charge in [-0.1, -0.05) is 26.7 Å². The first-order chi connectivity index (χ1) is 10.2. The van der Waals surface area contributed by atoms with Crippen LogP contribution in [-0.2, 0) is 13.0 Å². The van der Waals surface area contributed by atoms with Crippen molar-refractivity contribution in [2.24, 2.45) is 10.9 Å². The van der Waals surface area contributed by atoms with Crippen molar-refractivity contribution >= 4 is 29.9 Å². The molecule has 2 N–H and O–H groups in total. The molecule has 0 bridgehead atoms. The lowest BCUT2D eigenvalue weighted by Gasteiger charge is -2.26. The van der Waals surface area contributed by atoms with Gasteiger partial charge in [-0.2, -0.15) is 5.10 Å². The van der Waals surface area contributed by atoms with Crippen LogP contribution in [0.3, 0.4) is 0 Å². The Balaban J connectivity index is 0.00000242. The summed E-state index contributed by atoms with van der Waals surface area (Å²) in [6, 6.07) is 0.367. The highest BCUT2D eigenvalue weighted by Gasteiger charge is 2.21. The van der Waals surface area contributed by atoms with E-state index in [-0.39, 0.29) is 24.0 Å². The van der Waals surface area contributed by atoms with E-state index in [2.05, 4.69) is 39.6 Å². The van der Waals surface area contributed by atoms with Crippen molar-refractivity contribution in [2.75, 3.05) is 13.6 Å². The van der Waals surface area contributed by atoms with Gasteiger partial charge in [0, 0.05) is 26.1 Å². The summed E-state index contributed by atoms with van der Waals surface area (Å²) in [7, 11) is 1.83. The molecule has 0 aromatic carbocycles. The summed E-state index contributed by atoms with van der Waals surface area (Å²) in [5.41, 5.74) is 0. The monoisotopic (exact) mass is 420 g/mol. The minimum Gasteiger partial charge on any atom is -0.356 e. The Morgan fingerprint density at radius 3 is 2.77 bits per heavy atom. The SMILES string of the molecule is CCC(CC)CNC(=NC)NC1CCc2nc(C)nn2C1.I. The van der Waals surface area contributed by atoms with Crippen LogP contribution in [0.5, 0.6) is 0 Å². The molecule has 126 valence electrons. The standard InChI is InChI=1S/C15H28N6.HI/c1-5-12(6-2)9-17-15(16-4)19-13-7-8-14-18-11(3)20-21(14)10-13;/h12-13H,5-10H2,1-4H3,(H2,16,17,19);1H. The van der Waals surface area contributed by atoms with Gasteiger partial charge in [-0.25, -0.2) is 9.67 Å². The number of halogens is 1. The van der Waals surface area contributed by atoms with Crippen LogP contribution >= 0.6 is 24.0 Å². The zero-order valence-corrected chi connectivity index (χ0v) is 16.4. The van der Waals surface area contributed by atoms with Gasteiger partial charge in [0.2, 0.25) is 0 Å². The number of guanidine groups is 1. The van der Waals surface area contributed by atoms with Gasteiger partial charge in [-0.05, 0) is 19.3 Å². The molecule has 0 amide bonds. The van der Waals surface area contributed by atoms with Gasteiger partial charge >= 0.3 is 0 Å². The predicted octanol–water partition coefficient (Wildman–Crippen LogP) is 2.12. The smallest absolute Gasteiger partial charge is 0.191 e. The van der Waals surface area contributed by atoms with E-state index in [0.717, 1.165) is 43.5 Å². The maximum atomic E-state index is 4.44. The van der Waals surface area contributed by atoms with Crippen LogP contribution in [0, 0.1) is 12.8 Å². The maximum Gasteiger partial charge on any atom is 0.191 e. The summed E-state index contributed by atoms with van der Waals surface area (Å²) in [5.74, 6) is 3.57. The highest BCUT2D eigenvalue weighted by molar-refractivity contribution is 14.0. The molecule has 0 radical (unpaired) electrons. The third kappa shape index (κ3) is 5.10. The first kappa shape index (κ1) is 19.2. The molecule has 0 aliphatic carbocycles. The van der Waals surface area contributed by atoms with Crippen molar-refractivity contribution in [1.82, 2.24) is 25.4 Å². The fourth-order valence-electron chi connectivity index (χ4n) is 2.76. The molecule has 1 aromatic rings. The Bertz CT molecular complexity index is 480. The number of hydrogen-bond donors (Lipinski definition) is 2. The van der Waals surface area contributed by atoms with E-state index in [9.17, 15) is 0 Å². The Morgan fingerprint density at radius 1 is 1.41 bits per heavy atom. The summed E-state index contributed by atoms with van der Waals surface area (Å²) in [6.07, 6.45) is 4.45. The average Bonchev–Trinajstić information content (AvgIpc) is 2.86. The topological polar surface area (TPSA) is 67.1 Å². The quantitative estimate of drug-likeness (QED) is 0.435. The number of hydrogen-bond acceptors (Lipinski definition) is 3. The minimum atomic E-state index is 0. The molecular weight excluding hydrogens is 391 g/mol. The molecule has 22 heavy (non-hydrogen) atoms. The minimum absolute atomic E-state index is 0. The molecule has 0 saturated carbocycles. The van der Waals surface area contributed by atoms with E-state index in [4.69, 9.17) is 0 Å². The third-order valence-corrected chi connectivity index (χ3v) is 4.24. The van der Waals surface area contributed by atoms with Crippen molar-refractivity contribution in [3.8, 4) is 0 Å². The highest BCUT2D eigenvalue weighted by Crippen LogP contribution is 2.12. The van der Waals surface area contributed by atoms with Crippen molar-refractivity contribution in [3.05, 3.63) is 11.6 Å². The van der Waals surface area contributed by atoms with Crippen LogP contribution in [0.1, 0.15) is 44.8 Å². The van der Waals surface area contributed by atoms with Crippen LogP contribution in [0.25, 0.3) is 0 Å². The second kappa shape index (κ2) is 9.32. The molecule has 2 rings (SSSR count). The normalized spacial score (nSPS) is 17.9. The summed E-state index contributed by atoms with van der Waals surface area (Å²) in [6.45, 7) is 8.27. The van der Waals surface area contributed by atoms with Crippen LogP contribution in [0.2, 0.25) is 0 Å². The van der Waals surface area contributed by atoms with Crippen LogP contribution in [-0.4, -0.2) is 40.4 Å². The van der Waals surface area contributed by atoms with Gasteiger partial charge < -0.3 is 10.6 Å². The molecule has 2 heterocycles. The molecule has 7 heteroatoms. The number of nitrogens with zero attached hydrogens (tertiary/aromatic N) is 4. The lowest BCUT2D eigenvalue weighted by Crippen LogP contribution is -2.48. The van der Waals surface area contributed by atoms with Crippen molar-refractivity contribution in [3.63, 3.8) is 0 Å². The second-order valence-electron chi connectivity index (χ2n) is 5.77. The molecule has 0 saturated heterocycles. The Kier molecular flexibility index (Phi) is 8.13. The van der Waals surface area contributed by atoms with Gasteiger partial charge in [0.25, 0.3) is 0 Å². The Morgan fingerprint density at radius 2 is 2.14 bits per heavy atom. The molecule has 1 aliphatic heterocycles. The van der Waals surface area contributed by atoms with Crippen LogP contribution in [0.15, 0.2) is 4.99 Å². The zero-order valence-electron chi connectivity index (χ0n) is 14.1. The van der Waals surface area contributed by atoms with Gasteiger partial charge in [-0.15, -0.1) is 24.0 Å². The van der Waals surface area contributed by atoms with E-state index in [1.54, 1.807) is 0 Å². The van der Waals surface area contributed by atoms with E-state index in [1.165, 1.54) is 12.8 Å². The number of nitrogens with one attached hydrogen (secondary N) is 2. The molecular formula is C15H29IN6. The Hall–Kier alpha value is -0.860. The number of aliphatic imine (C=N–C) groups is 1. The third-order valence-electron chi connectivity index (χ3n) is 4.24. The predicted molar refractivity (Wildman–Crippen MR) is 101 cm³/mol. The lowest BCUT2D eigenvalue weighted by atomic mass is 10.0. The van der Waals surface area contributed by atoms with E-state index < -0.39 is 0 Å². The van der Waals surface area contributed by atoms with E-state index in [0.29, 0.717) is 12.0 Å². The molecule has 1 aromatic heterocycles. The number of rotatable bonds is 5. The molecule has 0 fully saturated rings. The summed E-state index contributed by atoms with van der Waals surface area (Å²) >= 11 is 0. The fourth-order valence-corrected chi connectivity index (χ4v) is 2.76. The number of fused-ring (bicyclic) bond motifs is 1. The maximum absolute atomic E-state index is 4.44. The average molecular weight is 420 g/mol. The van der Waals surface area contributed by atoms with Crippen molar-refractivity contribution in [2.45, 2.75) is 59.0 Å². The molecule has 6 nitrogen and oxygen atoms in total. The first-order valence-electron chi connectivity index (χ1n) is 8.03. The molecule has 1 atom stereocenters. The largest absolute Gasteiger partial charge is 0.356 e. The van der Waals surface area contributed by atoms with Crippen molar-refractivity contribution < 1.29 is 0 Å². The highest BCUT2D eigenvalue weighted by atomic mass is 127. The number of aromatic nitrogens is 3. The Labute approximate surface area is 150 Å².